The van der Waals surface area contributed by atoms with Crippen LogP contribution in [-0.4, -0.2) is 6.29 Å². The molecule has 1 nitrogen and oxygen atoms in total. The van der Waals surface area contributed by atoms with Crippen LogP contribution in [0.25, 0.3) is 0 Å². The maximum absolute atomic E-state index is 9.90. The molecule has 0 atom stereocenters. The summed E-state index contributed by atoms with van der Waals surface area (Å²) >= 11 is 0. The Morgan fingerprint density at radius 1 is 1.71 bits per heavy atom. The van der Waals surface area contributed by atoms with E-state index in [1.165, 1.54) is 0 Å². The molecule has 0 unspecified atom stereocenters. The second kappa shape index (κ2) is 3.59. The molecule has 0 radical (unpaired) electrons. The number of carbonyl (C=O) groups is 1. The Kier molecular flexibility index (Phi) is 3.29. The standard InChI is InChI=1S/C6H10O/c1-3-6(4-2)5-7/h3,5H,4H2,1-2H3/b6-3+. The van der Waals surface area contributed by atoms with Crippen molar-refractivity contribution < 1.29 is 4.79 Å². The molecular formula is C6H10O. The van der Waals surface area contributed by atoms with Crippen molar-refractivity contribution in [2.75, 3.05) is 0 Å². The van der Waals surface area contributed by atoms with Crippen molar-refractivity contribution >= 4 is 6.29 Å². The number of carbonyl (C=O) groups excluding carboxylic acids is 1. The molecule has 7 heavy (non-hydrogen) atoms. The summed E-state index contributed by atoms with van der Waals surface area (Å²) in [6.07, 6.45) is 3.56. The summed E-state index contributed by atoms with van der Waals surface area (Å²) in [5.74, 6) is 0. The first-order valence-corrected chi connectivity index (χ1v) is 2.45. The fourth-order valence-corrected chi connectivity index (χ4v) is 0.355. The van der Waals surface area contributed by atoms with Gasteiger partial charge < -0.3 is 0 Å². The summed E-state index contributed by atoms with van der Waals surface area (Å²) in [5, 5.41) is 0. The van der Waals surface area contributed by atoms with Crippen LogP contribution in [0.5, 0.6) is 0 Å². The van der Waals surface area contributed by atoms with Crippen LogP contribution in [-0.2, 0) is 4.79 Å². The third kappa shape index (κ3) is 2.15. The molecule has 0 aliphatic carbocycles. The van der Waals surface area contributed by atoms with Crippen LogP contribution in [0.2, 0.25) is 0 Å². The minimum atomic E-state index is 0.847. The van der Waals surface area contributed by atoms with Crippen molar-refractivity contribution in [1.29, 1.82) is 0 Å². The Labute approximate surface area is 44.0 Å². The van der Waals surface area contributed by atoms with Crippen molar-refractivity contribution in [2.24, 2.45) is 0 Å². The quantitative estimate of drug-likeness (QED) is 0.378. The molecule has 40 valence electrons. The van der Waals surface area contributed by atoms with Gasteiger partial charge in [0.15, 0.2) is 0 Å². The van der Waals surface area contributed by atoms with E-state index in [-0.39, 0.29) is 0 Å². The smallest absolute Gasteiger partial charge is 0.145 e. The van der Waals surface area contributed by atoms with Crippen LogP contribution in [0.15, 0.2) is 11.6 Å². The second-order valence-corrected chi connectivity index (χ2v) is 1.33. The highest BCUT2D eigenvalue weighted by atomic mass is 16.1. The van der Waals surface area contributed by atoms with Gasteiger partial charge in [0.05, 0.1) is 0 Å². The SMILES string of the molecule is C/C=C(/C=O)CC. The number of hydrogen-bond donors (Lipinski definition) is 0. The molecular weight excluding hydrogens is 88.1 g/mol. The van der Waals surface area contributed by atoms with Gasteiger partial charge in [0.25, 0.3) is 0 Å². The Morgan fingerprint density at radius 3 is 2.29 bits per heavy atom. The summed E-state index contributed by atoms with van der Waals surface area (Å²) in [4.78, 5) is 9.90. The zero-order valence-corrected chi connectivity index (χ0v) is 4.77. The Balaban J connectivity index is 3.60. The molecule has 0 aliphatic rings. The molecule has 0 aromatic carbocycles. The lowest BCUT2D eigenvalue weighted by Gasteiger charge is -1.84. The highest BCUT2D eigenvalue weighted by Crippen LogP contribution is 1.92. The van der Waals surface area contributed by atoms with Crippen LogP contribution < -0.4 is 0 Å². The number of allylic oxidation sites excluding steroid dienone is 2. The Morgan fingerprint density at radius 2 is 2.29 bits per heavy atom. The van der Waals surface area contributed by atoms with Crippen molar-refractivity contribution in [1.82, 2.24) is 0 Å². The molecule has 0 spiro atoms. The van der Waals surface area contributed by atoms with E-state index in [1.807, 2.05) is 19.9 Å². The van der Waals surface area contributed by atoms with Crippen LogP contribution in [0.1, 0.15) is 20.3 Å². The van der Waals surface area contributed by atoms with Gasteiger partial charge in [0.2, 0.25) is 0 Å². The minimum absolute atomic E-state index is 0.847. The summed E-state index contributed by atoms with van der Waals surface area (Å²) in [6.45, 7) is 3.83. The van der Waals surface area contributed by atoms with Crippen LogP contribution in [0.3, 0.4) is 0 Å². The van der Waals surface area contributed by atoms with E-state index >= 15 is 0 Å². The van der Waals surface area contributed by atoms with Crippen molar-refractivity contribution in [3.05, 3.63) is 11.6 Å². The first-order valence-electron chi connectivity index (χ1n) is 2.45. The fourth-order valence-electron chi connectivity index (χ4n) is 0.355. The summed E-state index contributed by atoms with van der Waals surface area (Å²) < 4.78 is 0. The highest BCUT2D eigenvalue weighted by molar-refractivity contribution is 5.72. The molecule has 0 heterocycles. The minimum Gasteiger partial charge on any atom is -0.298 e. The van der Waals surface area contributed by atoms with E-state index in [0.717, 1.165) is 18.3 Å². The summed E-state index contributed by atoms with van der Waals surface area (Å²) in [5.41, 5.74) is 0.875. The molecule has 0 aliphatic heterocycles. The number of rotatable bonds is 2. The molecule has 0 aromatic rings. The van der Waals surface area contributed by atoms with E-state index in [1.54, 1.807) is 0 Å². The molecule has 0 bridgehead atoms. The molecule has 0 amide bonds. The van der Waals surface area contributed by atoms with Crippen LogP contribution in [0.4, 0.5) is 0 Å². The highest BCUT2D eigenvalue weighted by Gasteiger charge is 1.82. The molecule has 0 aromatic heterocycles. The monoisotopic (exact) mass is 98.1 g/mol. The lowest BCUT2D eigenvalue weighted by atomic mass is 10.2. The summed E-state index contributed by atoms with van der Waals surface area (Å²) in [7, 11) is 0. The largest absolute Gasteiger partial charge is 0.298 e. The summed E-state index contributed by atoms with van der Waals surface area (Å²) in [6, 6.07) is 0. The Bertz CT molecular complexity index is 82.2. The van der Waals surface area contributed by atoms with E-state index in [9.17, 15) is 4.79 Å². The van der Waals surface area contributed by atoms with Gasteiger partial charge in [-0.25, -0.2) is 0 Å². The lowest BCUT2D eigenvalue weighted by Crippen LogP contribution is -1.77. The Hall–Kier alpha value is -0.590. The van der Waals surface area contributed by atoms with Gasteiger partial charge in [-0.15, -0.1) is 0 Å². The topological polar surface area (TPSA) is 17.1 Å². The lowest BCUT2D eigenvalue weighted by molar-refractivity contribution is -0.105. The first kappa shape index (κ1) is 6.41. The predicted octanol–water partition coefficient (Wildman–Crippen LogP) is 1.54. The fraction of sp³-hybridized carbons (Fsp3) is 0.500. The average Bonchev–Trinajstić information content (AvgIpc) is 1.72. The molecule has 0 rings (SSSR count). The van der Waals surface area contributed by atoms with Gasteiger partial charge in [0.1, 0.15) is 6.29 Å². The normalized spacial score (nSPS) is 11.4. The van der Waals surface area contributed by atoms with Gasteiger partial charge in [-0.3, -0.25) is 4.79 Å². The van der Waals surface area contributed by atoms with Gasteiger partial charge in [-0.05, 0) is 18.9 Å². The molecule has 0 saturated carbocycles. The zero-order valence-electron chi connectivity index (χ0n) is 4.77. The average molecular weight is 98.1 g/mol. The third-order valence-corrected chi connectivity index (χ3v) is 0.930. The maximum atomic E-state index is 9.90. The van der Waals surface area contributed by atoms with Crippen LogP contribution >= 0.6 is 0 Å². The van der Waals surface area contributed by atoms with Gasteiger partial charge >= 0.3 is 0 Å². The zero-order chi connectivity index (χ0) is 5.70. The molecule has 0 fully saturated rings. The number of aldehydes is 1. The van der Waals surface area contributed by atoms with Crippen LogP contribution in [0, 0.1) is 0 Å². The maximum Gasteiger partial charge on any atom is 0.145 e. The van der Waals surface area contributed by atoms with E-state index < -0.39 is 0 Å². The molecule has 0 N–H and O–H groups in total. The molecule has 0 saturated heterocycles. The van der Waals surface area contributed by atoms with Gasteiger partial charge in [-0.2, -0.15) is 0 Å². The molecule has 1 heteroatoms. The van der Waals surface area contributed by atoms with E-state index in [4.69, 9.17) is 0 Å². The predicted molar refractivity (Wildman–Crippen MR) is 30.1 cm³/mol. The van der Waals surface area contributed by atoms with E-state index in [2.05, 4.69) is 0 Å². The van der Waals surface area contributed by atoms with Gasteiger partial charge in [0, 0.05) is 0 Å². The van der Waals surface area contributed by atoms with Crippen molar-refractivity contribution in [3.63, 3.8) is 0 Å². The third-order valence-electron chi connectivity index (χ3n) is 0.930. The van der Waals surface area contributed by atoms with E-state index in [0.29, 0.717) is 0 Å². The second-order valence-electron chi connectivity index (χ2n) is 1.33. The first-order chi connectivity index (χ1) is 3.35. The van der Waals surface area contributed by atoms with Gasteiger partial charge in [-0.1, -0.05) is 13.0 Å². The number of hydrogen-bond acceptors (Lipinski definition) is 1. The van der Waals surface area contributed by atoms with Crippen molar-refractivity contribution in [3.8, 4) is 0 Å². The van der Waals surface area contributed by atoms with Crippen molar-refractivity contribution in [2.45, 2.75) is 20.3 Å².